The number of thiazole rings is 1. The maximum absolute atomic E-state index is 4.67. The molecule has 2 nitrogen and oxygen atoms in total. The maximum Gasteiger partial charge on any atom is 0.0956 e. The first kappa shape index (κ1) is 11.6. The van der Waals surface area contributed by atoms with Crippen molar-refractivity contribution in [3.8, 4) is 0 Å². The van der Waals surface area contributed by atoms with Crippen molar-refractivity contribution in [3.63, 3.8) is 0 Å². The van der Waals surface area contributed by atoms with Gasteiger partial charge in [0.2, 0.25) is 0 Å². The lowest BCUT2D eigenvalue weighted by Gasteiger charge is -2.31. The Labute approximate surface area is 101 Å². The highest BCUT2D eigenvalue weighted by Gasteiger charge is 2.22. The SMILES string of the molecule is CN(C)C(C)(C)Cc1nc2ccccc2s1. The normalized spacial score (nSPS) is 12.6. The molecule has 3 heteroatoms. The number of nitrogens with zero attached hydrogens (tertiary/aromatic N) is 2. The van der Waals surface area contributed by atoms with Crippen molar-refractivity contribution in [2.45, 2.75) is 25.8 Å². The summed E-state index contributed by atoms with van der Waals surface area (Å²) in [6.07, 6.45) is 0.999. The van der Waals surface area contributed by atoms with E-state index in [1.165, 1.54) is 9.71 Å². The first-order valence-corrected chi connectivity index (χ1v) is 6.32. The Kier molecular flexibility index (Phi) is 3.00. The number of rotatable bonds is 3. The largest absolute Gasteiger partial charge is 0.304 e. The summed E-state index contributed by atoms with van der Waals surface area (Å²) in [6, 6.07) is 8.33. The van der Waals surface area contributed by atoms with Crippen LogP contribution >= 0.6 is 11.3 Å². The molecule has 0 aliphatic carbocycles. The van der Waals surface area contributed by atoms with Gasteiger partial charge in [0.25, 0.3) is 0 Å². The van der Waals surface area contributed by atoms with Gasteiger partial charge in [-0.2, -0.15) is 0 Å². The Hall–Kier alpha value is -0.930. The summed E-state index contributed by atoms with van der Waals surface area (Å²) in [6.45, 7) is 4.50. The summed E-state index contributed by atoms with van der Waals surface area (Å²) in [5, 5.41) is 1.22. The van der Waals surface area contributed by atoms with E-state index < -0.39 is 0 Å². The minimum absolute atomic E-state index is 0.161. The molecular formula is C13H18N2S. The van der Waals surface area contributed by atoms with Gasteiger partial charge in [-0.3, -0.25) is 0 Å². The van der Waals surface area contributed by atoms with Gasteiger partial charge in [0.05, 0.1) is 15.2 Å². The Morgan fingerprint density at radius 1 is 1.25 bits per heavy atom. The molecule has 0 aliphatic heterocycles. The van der Waals surface area contributed by atoms with Crippen LogP contribution < -0.4 is 0 Å². The second kappa shape index (κ2) is 4.15. The molecular weight excluding hydrogens is 216 g/mol. The Balaban J connectivity index is 2.28. The fourth-order valence-electron chi connectivity index (χ4n) is 1.52. The second-order valence-electron chi connectivity index (χ2n) is 4.96. The number of fused-ring (bicyclic) bond motifs is 1. The third-order valence-corrected chi connectivity index (χ3v) is 4.17. The average molecular weight is 234 g/mol. The van der Waals surface area contributed by atoms with Gasteiger partial charge in [-0.15, -0.1) is 11.3 Å². The van der Waals surface area contributed by atoms with E-state index >= 15 is 0 Å². The van der Waals surface area contributed by atoms with Crippen molar-refractivity contribution in [1.29, 1.82) is 0 Å². The zero-order valence-electron chi connectivity index (χ0n) is 10.3. The van der Waals surface area contributed by atoms with Crippen molar-refractivity contribution in [2.75, 3.05) is 14.1 Å². The third kappa shape index (κ3) is 2.25. The number of para-hydroxylation sites is 1. The number of hydrogen-bond donors (Lipinski definition) is 0. The highest BCUT2D eigenvalue weighted by Crippen LogP contribution is 2.26. The zero-order chi connectivity index (χ0) is 11.8. The van der Waals surface area contributed by atoms with E-state index in [-0.39, 0.29) is 5.54 Å². The molecule has 16 heavy (non-hydrogen) atoms. The smallest absolute Gasteiger partial charge is 0.0956 e. The lowest BCUT2D eigenvalue weighted by atomic mass is 10.00. The zero-order valence-corrected chi connectivity index (χ0v) is 11.1. The molecule has 0 spiro atoms. The van der Waals surface area contributed by atoms with Crippen LogP contribution in [0.3, 0.4) is 0 Å². The van der Waals surface area contributed by atoms with E-state index in [0.717, 1.165) is 11.9 Å². The summed E-state index contributed by atoms with van der Waals surface area (Å²) in [4.78, 5) is 6.92. The Bertz CT molecular complexity index is 452. The van der Waals surface area contributed by atoms with Crippen LogP contribution in [0.5, 0.6) is 0 Å². The van der Waals surface area contributed by atoms with Gasteiger partial charge in [-0.1, -0.05) is 12.1 Å². The third-order valence-electron chi connectivity index (χ3n) is 3.13. The van der Waals surface area contributed by atoms with Crippen molar-refractivity contribution in [1.82, 2.24) is 9.88 Å². The summed E-state index contributed by atoms with van der Waals surface area (Å²) in [7, 11) is 4.24. The molecule has 1 aromatic carbocycles. The van der Waals surface area contributed by atoms with Gasteiger partial charge in [0, 0.05) is 12.0 Å². The minimum Gasteiger partial charge on any atom is -0.304 e. The standard InChI is InChI=1S/C13H18N2S/c1-13(2,15(3)4)9-12-14-10-7-5-6-8-11(10)16-12/h5-8H,9H2,1-4H3. The minimum atomic E-state index is 0.161. The first-order valence-electron chi connectivity index (χ1n) is 5.51. The van der Waals surface area contributed by atoms with Crippen LogP contribution in [0.25, 0.3) is 10.2 Å². The highest BCUT2D eigenvalue weighted by atomic mass is 32.1. The van der Waals surface area contributed by atoms with Gasteiger partial charge in [0.1, 0.15) is 0 Å². The summed E-state index contributed by atoms with van der Waals surface area (Å²) < 4.78 is 1.28. The second-order valence-corrected chi connectivity index (χ2v) is 6.07. The van der Waals surface area contributed by atoms with Gasteiger partial charge in [0.15, 0.2) is 0 Å². The summed E-state index contributed by atoms with van der Waals surface area (Å²) >= 11 is 1.80. The summed E-state index contributed by atoms with van der Waals surface area (Å²) in [5.41, 5.74) is 1.28. The molecule has 2 aromatic rings. The molecule has 0 saturated carbocycles. The van der Waals surface area contributed by atoms with E-state index in [0.29, 0.717) is 0 Å². The fraction of sp³-hybridized carbons (Fsp3) is 0.462. The molecule has 0 unspecified atom stereocenters. The molecule has 86 valence electrons. The molecule has 0 bridgehead atoms. The van der Waals surface area contributed by atoms with Gasteiger partial charge in [-0.05, 0) is 40.1 Å². The maximum atomic E-state index is 4.67. The topological polar surface area (TPSA) is 16.1 Å². The molecule has 0 N–H and O–H groups in total. The van der Waals surface area contributed by atoms with Gasteiger partial charge < -0.3 is 4.90 Å². The van der Waals surface area contributed by atoms with Crippen molar-refractivity contribution >= 4 is 21.6 Å². The van der Waals surface area contributed by atoms with E-state index in [4.69, 9.17) is 0 Å². The molecule has 2 rings (SSSR count). The molecule has 0 saturated heterocycles. The first-order chi connectivity index (χ1) is 7.49. The molecule has 0 atom stereocenters. The van der Waals surface area contributed by atoms with Crippen molar-refractivity contribution in [2.24, 2.45) is 0 Å². The van der Waals surface area contributed by atoms with Crippen LogP contribution in [0, 0.1) is 0 Å². The fourth-order valence-corrected chi connectivity index (χ4v) is 2.71. The van der Waals surface area contributed by atoms with Crippen molar-refractivity contribution in [3.05, 3.63) is 29.3 Å². The average Bonchev–Trinajstić information content (AvgIpc) is 2.58. The predicted molar refractivity (Wildman–Crippen MR) is 71.1 cm³/mol. The van der Waals surface area contributed by atoms with E-state index in [1.54, 1.807) is 11.3 Å². The molecule has 0 radical (unpaired) electrons. The Morgan fingerprint density at radius 3 is 2.56 bits per heavy atom. The van der Waals surface area contributed by atoms with Crippen LogP contribution in [0.2, 0.25) is 0 Å². The van der Waals surface area contributed by atoms with Crippen LogP contribution in [0.1, 0.15) is 18.9 Å². The molecule has 1 aromatic heterocycles. The summed E-state index contributed by atoms with van der Waals surface area (Å²) in [5.74, 6) is 0. The molecule has 0 aliphatic rings. The Morgan fingerprint density at radius 2 is 1.94 bits per heavy atom. The van der Waals surface area contributed by atoms with Crippen molar-refractivity contribution < 1.29 is 0 Å². The lowest BCUT2D eigenvalue weighted by molar-refractivity contribution is 0.195. The van der Waals surface area contributed by atoms with Crippen LogP contribution in [0.15, 0.2) is 24.3 Å². The lowest BCUT2D eigenvalue weighted by Crippen LogP contribution is -2.40. The van der Waals surface area contributed by atoms with Gasteiger partial charge in [-0.25, -0.2) is 4.98 Å². The highest BCUT2D eigenvalue weighted by molar-refractivity contribution is 7.18. The van der Waals surface area contributed by atoms with Crippen LogP contribution in [0.4, 0.5) is 0 Å². The van der Waals surface area contributed by atoms with E-state index in [2.05, 4.69) is 56.0 Å². The number of benzene rings is 1. The molecule has 1 heterocycles. The van der Waals surface area contributed by atoms with Gasteiger partial charge >= 0.3 is 0 Å². The predicted octanol–water partition coefficient (Wildman–Crippen LogP) is 3.18. The number of hydrogen-bond acceptors (Lipinski definition) is 3. The van der Waals surface area contributed by atoms with E-state index in [9.17, 15) is 0 Å². The monoisotopic (exact) mass is 234 g/mol. The quantitative estimate of drug-likeness (QED) is 0.811. The molecule has 0 amide bonds. The van der Waals surface area contributed by atoms with Crippen LogP contribution in [-0.2, 0) is 6.42 Å². The van der Waals surface area contributed by atoms with E-state index in [1.807, 2.05) is 6.07 Å². The number of aromatic nitrogens is 1. The number of likely N-dealkylation sites (N-methyl/N-ethyl adjacent to an activating group) is 1. The molecule has 0 fully saturated rings. The van der Waals surface area contributed by atoms with Crippen LogP contribution in [-0.4, -0.2) is 29.5 Å².